The zero-order valence-electron chi connectivity index (χ0n) is 12.5. The van der Waals surface area contributed by atoms with Crippen LogP contribution >= 0.6 is 0 Å². The van der Waals surface area contributed by atoms with E-state index < -0.39 is 9.84 Å². The predicted molar refractivity (Wildman–Crippen MR) is 80.5 cm³/mol. The Morgan fingerprint density at radius 2 is 1.95 bits per heavy atom. The molecule has 0 aromatic heterocycles. The first-order valence-corrected chi connectivity index (χ1v) is 9.83. The normalized spacial score (nSPS) is 28.9. The Labute approximate surface area is 122 Å². The Hall–Kier alpha value is -0.420. The highest BCUT2D eigenvalue weighted by Crippen LogP contribution is 2.32. The molecule has 1 aliphatic carbocycles. The predicted octanol–water partition coefficient (Wildman–Crippen LogP) is 2.03. The van der Waals surface area contributed by atoms with Crippen molar-refractivity contribution in [3.8, 4) is 0 Å². The number of hydrogen-bond acceptors (Lipinski definition) is 4. The smallest absolute Gasteiger partial charge is 0.151 e. The van der Waals surface area contributed by atoms with Gasteiger partial charge in [0.1, 0.15) is 5.78 Å². The zero-order chi connectivity index (χ0) is 14.6. The minimum absolute atomic E-state index is 0.167. The molecule has 0 spiro atoms. The maximum Gasteiger partial charge on any atom is 0.151 e. The topological polar surface area (TPSA) is 54.5 Å². The molecule has 2 aliphatic rings. The SMILES string of the molecule is CCCS(=O)(=O)CCN1CCCC1C1CCCCC1=O. The van der Waals surface area contributed by atoms with Crippen molar-refractivity contribution in [3.05, 3.63) is 0 Å². The van der Waals surface area contributed by atoms with E-state index in [1.807, 2.05) is 6.92 Å². The van der Waals surface area contributed by atoms with Gasteiger partial charge in [-0.1, -0.05) is 13.3 Å². The van der Waals surface area contributed by atoms with Gasteiger partial charge in [-0.3, -0.25) is 9.69 Å². The highest BCUT2D eigenvalue weighted by molar-refractivity contribution is 7.91. The number of sulfone groups is 1. The first-order valence-electron chi connectivity index (χ1n) is 8.00. The van der Waals surface area contributed by atoms with Crippen LogP contribution in [0.1, 0.15) is 51.9 Å². The van der Waals surface area contributed by atoms with E-state index in [1.165, 1.54) is 0 Å². The molecule has 20 heavy (non-hydrogen) atoms. The highest BCUT2D eigenvalue weighted by Gasteiger charge is 2.36. The Balaban J connectivity index is 1.92. The van der Waals surface area contributed by atoms with E-state index in [9.17, 15) is 13.2 Å². The van der Waals surface area contributed by atoms with Crippen molar-refractivity contribution in [2.75, 3.05) is 24.6 Å². The minimum Gasteiger partial charge on any atom is -0.299 e. The number of carbonyl (C=O) groups is 1. The first kappa shape index (κ1) is 16.0. The van der Waals surface area contributed by atoms with E-state index in [-0.39, 0.29) is 17.4 Å². The number of ketones is 1. The van der Waals surface area contributed by atoms with Crippen LogP contribution < -0.4 is 0 Å². The molecule has 0 N–H and O–H groups in total. The van der Waals surface area contributed by atoms with Crippen LogP contribution in [0.15, 0.2) is 0 Å². The summed E-state index contributed by atoms with van der Waals surface area (Å²) in [5.74, 6) is 1.11. The van der Waals surface area contributed by atoms with Crippen LogP contribution in [-0.4, -0.2) is 49.7 Å². The van der Waals surface area contributed by atoms with Crippen LogP contribution in [0, 0.1) is 5.92 Å². The van der Waals surface area contributed by atoms with Crippen LogP contribution in [0.25, 0.3) is 0 Å². The van der Waals surface area contributed by atoms with E-state index in [0.717, 1.165) is 45.1 Å². The van der Waals surface area contributed by atoms with Crippen molar-refractivity contribution in [2.45, 2.75) is 57.9 Å². The molecule has 0 amide bonds. The first-order chi connectivity index (χ1) is 9.53. The van der Waals surface area contributed by atoms with Crippen LogP contribution in [0.3, 0.4) is 0 Å². The molecule has 0 aromatic rings. The van der Waals surface area contributed by atoms with Crippen molar-refractivity contribution in [2.24, 2.45) is 5.92 Å². The fourth-order valence-corrected chi connectivity index (χ4v) is 5.01. The van der Waals surface area contributed by atoms with Crippen molar-refractivity contribution in [1.82, 2.24) is 4.90 Å². The fraction of sp³-hybridized carbons (Fsp3) is 0.933. The monoisotopic (exact) mass is 301 g/mol. The summed E-state index contributed by atoms with van der Waals surface area (Å²) in [6, 6.07) is 0.305. The van der Waals surface area contributed by atoms with Crippen molar-refractivity contribution in [1.29, 1.82) is 0 Å². The van der Waals surface area contributed by atoms with Crippen molar-refractivity contribution in [3.63, 3.8) is 0 Å². The molecule has 0 bridgehead atoms. The lowest BCUT2D eigenvalue weighted by molar-refractivity contribution is -0.126. The molecule has 2 atom stereocenters. The van der Waals surface area contributed by atoms with Crippen LogP contribution in [-0.2, 0) is 14.6 Å². The molecule has 116 valence electrons. The molecule has 1 saturated heterocycles. The van der Waals surface area contributed by atoms with Crippen LogP contribution in [0.5, 0.6) is 0 Å². The fourth-order valence-electron chi connectivity index (χ4n) is 3.67. The summed E-state index contributed by atoms with van der Waals surface area (Å²) < 4.78 is 23.7. The van der Waals surface area contributed by atoms with Gasteiger partial charge >= 0.3 is 0 Å². The third kappa shape index (κ3) is 4.04. The number of Topliss-reactive ketones (excluding diaryl/α,β-unsaturated/α-hetero) is 1. The quantitative estimate of drug-likeness (QED) is 0.753. The maximum atomic E-state index is 12.1. The van der Waals surface area contributed by atoms with Gasteiger partial charge in [-0.2, -0.15) is 0 Å². The minimum atomic E-state index is -2.91. The lowest BCUT2D eigenvalue weighted by Gasteiger charge is -2.33. The lowest BCUT2D eigenvalue weighted by Crippen LogP contribution is -2.42. The molecule has 0 radical (unpaired) electrons. The van der Waals surface area contributed by atoms with Gasteiger partial charge in [0.2, 0.25) is 0 Å². The van der Waals surface area contributed by atoms with Crippen molar-refractivity contribution >= 4 is 15.6 Å². The summed E-state index contributed by atoms with van der Waals surface area (Å²) in [6.45, 7) is 3.46. The third-order valence-corrected chi connectivity index (χ3v) is 6.52. The standard InChI is InChI=1S/C15H27NO3S/c1-2-11-20(18,19)12-10-16-9-5-7-14(16)13-6-3-4-8-15(13)17/h13-14H,2-12H2,1H3. The lowest BCUT2D eigenvalue weighted by atomic mass is 9.82. The third-order valence-electron chi connectivity index (χ3n) is 4.69. The van der Waals surface area contributed by atoms with E-state index in [2.05, 4.69) is 4.90 Å². The molecule has 1 heterocycles. The second-order valence-corrected chi connectivity index (χ2v) is 8.52. The van der Waals surface area contributed by atoms with Crippen LogP contribution in [0.4, 0.5) is 0 Å². The Morgan fingerprint density at radius 1 is 1.15 bits per heavy atom. The summed E-state index contributed by atoms with van der Waals surface area (Å²) in [6.07, 6.45) is 6.76. The Kier molecular flexibility index (Phi) is 5.61. The van der Waals surface area contributed by atoms with Gasteiger partial charge in [-0.15, -0.1) is 0 Å². The summed E-state index contributed by atoms with van der Waals surface area (Å²) in [5.41, 5.74) is 0. The molecule has 2 unspecified atom stereocenters. The maximum absolute atomic E-state index is 12.1. The largest absolute Gasteiger partial charge is 0.299 e. The Bertz CT molecular complexity index is 432. The van der Waals surface area contributed by atoms with E-state index in [4.69, 9.17) is 0 Å². The average Bonchev–Trinajstić information content (AvgIpc) is 2.85. The van der Waals surface area contributed by atoms with E-state index >= 15 is 0 Å². The van der Waals surface area contributed by atoms with Gasteiger partial charge in [-0.25, -0.2) is 8.42 Å². The average molecular weight is 301 g/mol. The van der Waals surface area contributed by atoms with Gasteiger partial charge in [0.25, 0.3) is 0 Å². The molecular weight excluding hydrogens is 274 g/mol. The van der Waals surface area contributed by atoms with Gasteiger partial charge < -0.3 is 0 Å². The summed E-state index contributed by atoms with van der Waals surface area (Å²) in [4.78, 5) is 14.4. The second-order valence-electron chi connectivity index (χ2n) is 6.22. The summed E-state index contributed by atoms with van der Waals surface area (Å²) in [5, 5.41) is 0. The van der Waals surface area contributed by atoms with Crippen molar-refractivity contribution < 1.29 is 13.2 Å². The number of carbonyl (C=O) groups excluding carboxylic acids is 1. The van der Waals surface area contributed by atoms with E-state index in [0.29, 0.717) is 24.8 Å². The molecule has 2 rings (SSSR count). The number of nitrogens with zero attached hydrogens (tertiary/aromatic N) is 1. The van der Waals surface area contributed by atoms with Gasteiger partial charge in [0, 0.05) is 30.7 Å². The molecule has 1 saturated carbocycles. The second kappa shape index (κ2) is 7.03. The van der Waals surface area contributed by atoms with Gasteiger partial charge in [0.05, 0.1) is 5.75 Å². The molecule has 1 aliphatic heterocycles. The number of rotatable bonds is 6. The summed E-state index contributed by atoms with van der Waals surface area (Å²) in [7, 11) is -2.91. The molecule has 0 aromatic carbocycles. The summed E-state index contributed by atoms with van der Waals surface area (Å²) >= 11 is 0. The number of hydrogen-bond donors (Lipinski definition) is 0. The molecule has 5 heteroatoms. The van der Waals surface area contributed by atoms with E-state index in [1.54, 1.807) is 0 Å². The highest BCUT2D eigenvalue weighted by atomic mass is 32.2. The molecular formula is C15H27NO3S. The number of likely N-dealkylation sites (tertiary alicyclic amines) is 1. The molecule has 4 nitrogen and oxygen atoms in total. The zero-order valence-corrected chi connectivity index (χ0v) is 13.3. The van der Waals surface area contributed by atoms with Gasteiger partial charge in [-0.05, 0) is 38.6 Å². The van der Waals surface area contributed by atoms with Gasteiger partial charge in [0.15, 0.2) is 9.84 Å². The van der Waals surface area contributed by atoms with Crippen LogP contribution in [0.2, 0.25) is 0 Å². The molecule has 2 fully saturated rings. The Morgan fingerprint density at radius 3 is 2.65 bits per heavy atom.